The molecule has 0 spiro atoms. The lowest BCUT2D eigenvalue weighted by Gasteiger charge is -2.23. The first kappa shape index (κ1) is 16.4. The lowest BCUT2D eigenvalue weighted by Crippen LogP contribution is -2.21. The van der Waals surface area contributed by atoms with E-state index in [1.165, 1.54) is 6.26 Å². The van der Waals surface area contributed by atoms with Gasteiger partial charge in [-0.15, -0.1) is 0 Å². The van der Waals surface area contributed by atoms with Crippen molar-refractivity contribution in [2.24, 2.45) is 0 Å². The van der Waals surface area contributed by atoms with Gasteiger partial charge in [0.05, 0.1) is 25.3 Å². The maximum Gasteiger partial charge on any atom is 0.268 e. The molecule has 26 heavy (non-hydrogen) atoms. The summed E-state index contributed by atoms with van der Waals surface area (Å²) in [5, 5.41) is 13.6. The van der Waals surface area contributed by atoms with Crippen LogP contribution < -0.4 is 4.74 Å². The first-order valence-electron chi connectivity index (χ1n) is 8.60. The molecule has 0 radical (unpaired) electrons. The van der Waals surface area contributed by atoms with Crippen molar-refractivity contribution in [3.8, 4) is 23.0 Å². The van der Waals surface area contributed by atoms with E-state index in [-0.39, 0.29) is 18.4 Å². The summed E-state index contributed by atoms with van der Waals surface area (Å²) in [6.07, 6.45) is 7.67. The van der Waals surface area contributed by atoms with Gasteiger partial charge < -0.3 is 9.15 Å². The number of rotatable bonds is 4. The Morgan fingerprint density at radius 2 is 2.38 bits per heavy atom. The van der Waals surface area contributed by atoms with Gasteiger partial charge in [-0.05, 0) is 18.4 Å². The molecule has 3 aromatic rings. The van der Waals surface area contributed by atoms with Crippen LogP contribution in [0, 0.1) is 11.2 Å². The van der Waals surface area contributed by atoms with Crippen LogP contribution in [0.4, 0.5) is 0 Å². The lowest BCUT2D eigenvalue weighted by molar-refractivity contribution is 0.110. The minimum Gasteiger partial charge on any atom is -0.481 e. The molecular weight excluding hydrogens is 331 g/mol. The van der Waals surface area contributed by atoms with E-state index in [4.69, 9.17) is 14.1 Å². The monoisotopic (exact) mass is 348 g/mol. The van der Waals surface area contributed by atoms with Crippen LogP contribution in [0.1, 0.15) is 35.0 Å². The molecule has 1 atom stereocenters. The number of carbonyl (C=O) groups is 1. The molecule has 0 saturated carbocycles. The van der Waals surface area contributed by atoms with Gasteiger partial charge in [0.15, 0.2) is 17.7 Å². The summed E-state index contributed by atoms with van der Waals surface area (Å²) in [6, 6.07) is 3.57. The normalized spacial score (nSPS) is 17.2. The molecule has 8 heteroatoms. The van der Waals surface area contributed by atoms with Gasteiger partial charge in [-0.3, -0.25) is 4.79 Å². The number of ether oxygens (including phenoxy) is 1. The molecule has 7 nitrogen and oxygen atoms in total. The van der Waals surface area contributed by atoms with E-state index < -0.39 is 0 Å². The quantitative estimate of drug-likeness (QED) is 0.531. The molecular formula is C18H17BN4O3. The van der Waals surface area contributed by atoms with E-state index >= 15 is 0 Å². The zero-order valence-corrected chi connectivity index (χ0v) is 14.4. The molecule has 1 aliphatic rings. The highest BCUT2D eigenvalue weighted by Crippen LogP contribution is 2.35. The number of nitriles is 1. The number of fused-ring (bicyclic) bond motifs is 1. The first-order chi connectivity index (χ1) is 12.7. The van der Waals surface area contributed by atoms with E-state index in [1.807, 2.05) is 6.07 Å². The maximum atomic E-state index is 10.9. The molecule has 1 fully saturated rings. The second-order valence-electron chi connectivity index (χ2n) is 6.56. The van der Waals surface area contributed by atoms with Crippen LogP contribution in [0.5, 0.6) is 5.88 Å². The molecule has 0 bridgehead atoms. The van der Waals surface area contributed by atoms with Crippen molar-refractivity contribution in [2.75, 3.05) is 7.11 Å². The van der Waals surface area contributed by atoms with E-state index in [2.05, 4.69) is 11.1 Å². The Labute approximate surface area is 150 Å². The third kappa shape index (κ3) is 2.75. The molecule has 4 rings (SSSR count). The van der Waals surface area contributed by atoms with E-state index in [0.29, 0.717) is 17.8 Å². The maximum absolute atomic E-state index is 10.9. The highest BCUT2D eigenvalue weighted by atomic mass is 16.5. The number of nitrogens with zero attached hydrogens (tertiary/aromatic N) is 4. The molecule has 1 saturated heterocycles. The van der Waals surface area contributed by atoms with Crippen molar-refractivity contribution in [1.82, 2.24) is 14.6 Å². The third-order valence-electron chi connectivity index (χ3n) is 4.99. The summed E-state index contributed by atoms with van der Waals surface area (Å²) in [7, 11) is 1.60. The van der Waals surface area contributed by atoms with E-state index in [1.54, 1.807) is 23.9 Å². The number of hydrogen-bond acceptors (Lipinski definition) is 6. The Morgan fingerprint density at radius 1 is 1.50 bits per heavy atom. The van der Waals surface area contributed by atoms with Gasteiger partial charge in [-0.2, -0.15) is 9.61 Å². The van der Waals surface area contributed by atoms with E-state index in [9.17, 15) is 10.1 Å². The molecule has 3 aromatic heterocycles. The van der Waals surface area contributed by atoms with Crippen LogP contribution in [-0.2, 0) is 0 Å². The Morgan fingerprint density at radius 3 is 3.12 bits per heavy atom. The predicted molar refractivity (Wildman–Crippen MR) is 95.6 cm³/mol. The van der Waals surface area contributed by atoms with E-state index in [0.717, 1.165) is 42.3 Å². The van der Waals surface area contributed by atoms with Crippen molar-refractivity contribution in [3.63, 3.8) is 0 Å². The summed E-state index contributed by atoms with van der Waals surface area (Å²) >= 11 is 0. The van der Waals surface area contributed by atoms with Crippen LogP contribution >= 0.6 is 0 Å². The van der Waals surface area contributed by atoms with Crippen molar-refractivity contribution < 1.29 is 13.9 Å². The van der Waals surface area contributed by atoms with Gasteiger partial charge in [0, 0.05) is 23.2 Å². The standard InChI is InChI=1S/C18H17BN4O3/c1-25-17-6-16(12-3-2-4-19(7-12)11-20)22-18-15(8-21-23(17)18)13-5-14(9-24)26-10-13/h5-6,8-10,12H,2-4,7H2,1H3. The number of methoxy groups -OCH3 is 1. The van der Waals surface area contributed by atoms with Crippen LogP contribution in [0.15, 0.2) is 29.0 Å². The minimum atomic E-state index is 0.0752. The van der Waals surface area contributed by atoms with Gasteiger partial charge in [-0.1, -0.05) is 19.1 Å². The van der Waals surface area contributed by atoms with Crippen LogP contribution in [0.25, 0.3) is 16.8 Å². The van der Waals surface area contributed by atoms with Gasteiger partial charge >= 0.3 is 0 Å². The average Bonchev–Trinajstić information content (AvgIpc) is 3.33. The summed E-state index contributed by atoms with van der Waals surface area (Å²) in [6.45, 7) is 0.0752. The second-order valence-corrected chi connectivity index (χ2v) is 6.56. The number of hydrogen-bond donors (Lipinski definition) is 0. The fraction of sp³-hybridized carbons (Fsp3) is 0.333. The Hall–Kier alpha value is -3.08. The third-order valence-corrected chi connectivity index (χ3v) is 4.99. The molecule has 0 aromatic carbocycles. The molecule has 130 valence electrons. The molecule has 1 unspecified atom stereocenters. The SMILES string of the molecule is COc1cc(C2CCCB(C#N)C2)nc2c(-c3coc(C=O)c3)cnn12. The number of furan rings is 1. The van der Waals surface area contributed by atoms with Crippen LogP contribution in [-0.4, -0.2) is 34.7 Å². The predicted octanol–water partition coefficient (Wildman–Crippen LogP) is 3.25. The Bertz CT molecular complexity index is 1000. The van der Waals surface area contributed by atoms with Gasteiger partial charge in [-0.25, -0.2) is 10.2 Å². The van der Waals surface area contributed by atoms with Gasteiger partial charge in [0.25, 0.3) is 6.71 Å². The minimum absolute atomic E-state index is 0.0752. The fourth-order valence-electron chi connectivity index (χ4n) is 3.64. The zero-order chi connectivity index (χ0) is 18.1. The molecule has 1 aliphatic heterocycles. The summed E-state index contributed by atoms with van der Waals surface area (Å²) in [5.41, 5.74) is 3.08. The van der Waals surface area contributed by atoms with Gasteiger partial charge in [0.1, 0.15) is 0 Å². The van der Waals surface area contributed by atoms with Crippen LogP contribution in [0.2, 0.25) is 12.6 Å². The molecule has 0 aliphatic carbocycles. The van der Waals surface area contributed by atoms with Crippen molar-refractivity contribution in [3.05, 3.63) is 36.0 Å². The lowest BCUT2D eigenvalue weighted by atomic mass is 9.41. The summed E-state index contributed by atoms with van der Waals surface area (Å²) in [4.78, 5) is 15.7. The van der Waals surface area contributed by atoms with Crippen LogP contribution in [0.3, 0.4) is 0 Å². The second kappa shape index (κ2) is 6.67. The first-order valence-corrected chi connectivity index (χ1v) is 8.60. The number of carbonyl (C=O) groups excluding carboxylic acids is 1. The number of aldehydes is 1. The molecule has 0 N–H and O–H groups in total. The Balaban J connectivity index is 1.81. The zero-order valence-electron chi connectivity index (χ0n) is 14.4. The van der Waals surface area contributed by atoms with Crippen molar-refractivity contribution in [2.45, 2.75) is 31.4 Å². The average molecular weight is 348 g/mol. The molecule has 0 amide bonds. The van der Waals surface area contributed by atoms with Crippen molar-refractivity contribution in [1.29, 1.82) is 5.26 Å². The highest BCUT2D eigenvalue weighted by molar-refractivity contribution is 6.67. The fourth-order valence-corrected chi connectivity index (χ4v) is 3.64. The van der Waals surface area contributed by atoms with Crippen molar-refractivity contribution >= 4 is 18.6 Å². The largest absolute Gasteiger partial charge is 0.481 e. The smallest absolute Gasteiger partial charge is 0.268 e. The molecule has 4 heterocycles. The Kier molecular flexibility index (Phi) is 4.21. The van der Waals surface area contributed by atoms with Gasteiger partial charge in [0.2, 0.25) is 5.88 Å². The number of aromatic nitrogens is 3. The topological polar surface area (TPSA) is 93.4 Å². The highest BCUT2D eigenvalue weighted by Gasteiger charge is 2.28. The summed E-state index contributed by atoms with van der Waals surface area (Å²) in [5.74, 6) is 3.46. The summed E-state index contributed by atoms with van der Waals surface area (Å²) < 4.78 is 12.4.